The number of hydrogen-bond acceptors (Lipinski definition) is 0. The Morgan fingerprint density at radius 3 is 1.33 bits per heavy atom. The third-order valence-electron chi connectivity index (χ3n) is 2.11. The van der Waals surface area contributed by atoms with E-state index in [4.69, 9.17) is 0 Å². The summed E-state index contributed by atoms with van der Waals surface area (Å²) in [7, 11) is -2.21. The molecule has 0 saturated carbocycles. The maximum Gasteiger partial charge on any atom is 1.00 e. The second-order valence-electron chi connectivity index (χ2n) is 6.69. The fourth-order valence-corrected chi connectivity index (χ4v) is 4.10. The van der Waals surface area contributed by atoms with Crippen molar-refractivity contribution in [3.05, 3.63) is 47.5 Å². The van der Waals surface area contributed by atoms with E-state index in [-0.39, 0.29) is 37.7 Å². The van der Waals surface area contributed by atoms with Crippen LogP contribution in [0.2, 0.25) is 39.3 Å². The summed E-state index contributed by atoms with van der Waals surface area (Å²) in [6, 6.07) is 13.9. The van der Waals surface area contributed by atoms with Crippen LogP contribution in [0.4, 0.5) is 0 Å². The fraction of sp³-hybridized carbons (Fsp3) is 0.429. The van der Waals surface area contributed by atoms with Crippen molar-refractivity contribution >= 4 is 16.1 Å². The Morgan fingerprint density at radius 2 is 1.06 bits per heavy atom. The van der Waals surface area contributed by atoms with Crippen LogP contribution in [0.3, 0.4) is 0 Å². The Labute approximate surface area is 140 Å². The summed E-state index contributed by atoms with van der Waals surface area (Å²) in [5, 5.41) is 0. The zero-order valence-corrected chi connectivity index (χ0v) is 15.5. The Morgan fingerprint density at radius 1 is 0.722 bits per heavy atom. The van der Waals surface area contributed by atoms with Crippen molar-refractivity contribution in [1.82, 2.24) is 0 Å². The molecule has 0 atom stereocenters. The van der Waals surface area contributed by atoms with Crippen LogP contribution in [-0.4, -0.2) is 16.1 Å². The van der Waals surface area contributed by atoms with Crippen LogP contribution in [0, 0.1) is 12.1 Å². The quantitative estimate of drug-likeness (QED) is 0.460. The molecule has 0 heterocycles. The summed E-state index contributed by atoms with van der Waals surface area (Å²) in [5.74, 6) is 0. The van der Waals surface area contributed by atoms with Crippen LogP contribution < -0.4 is 37.7 Å². The molecule has 0 aliphatic rings. The summed E-state index contributed by atoms with van der Waals surface area (Å²) < 4.78 is 0. The third kappa shape index (κ3) is 9.51. The average Bonchev–Trinajstić information content (AvgIpc) is 1.96. The van der Waals surface area contributed by atoms with Gasteiger partial charge >= 0.3 is 37.7 Å². The molecule has 1 aromatic rings. The first kappa shape index (κ1) is 20.9. The van der Waals surface area contributed by atoms with Crippen molar-refractivity contribution in [3.8, 4) is 0 Å². The summed E-state index contributed by atoms with van der Waals surface area (Å²) in [6.07, 6.45) is 0. The minimum absolute atomic E-state index is 0. The zero-order chi connectivity index (χ0) is 12.4. The monoisotopic (exact) mass is 262 g/mol. The third-order valence-corrected chi connectivity index (χ3v) is 4.51. The maximum atomic E-state index is 2.47. The fourth-order valence-electron chi connectivity index (χ4n) is 1.74. The molecule has 90 valence electrons. The first-order valence-electron chi connectivity index (χ1n) is 5.98. The smallest absolute Gasteiger partial charge is 0.196 e. The van der Waals surface area contributed by atoms with Gasteiger partial charge < -0.3 is 0 Å². The first-order valence-corrected chi connectivity index (χ1v) is 13.1. The molecule has 0 aliphatic carbocycles. The number of rotatable bonds is 4. The molecule has 0 unspecified atom stereocenters. The summed E-state index contributed by atoms with van der Waals surface area (Å²) in [6.45, 7) is 14.3. The molecule has 1 aromatic carbocycles. The van der Waals surface area contributed by atoms with Crippen molar-refractivity contribution in [3.63, 3.8) is 0 Å². The average molecular weight is 262 g/mol. The van der Waals surface area contributed by atoms with Gasteiger partial charge in [-0.1, -0.05) is 39.3 Å². The van der Waals surface area contributed by atoms with Crippen LogP contribution in [0.1, 0.15) is 11.1 Å². The standard InChI is InChI=1S/C14H24Si2.2Li/c1-15(2,3)11-13-8-7-9-14(10-13)12-16(4,5)6;;/h7-12H,1-6H3;;/q-2;2*+1. The maximum absolute atomic E-state index is 2.47. The molecule has 0 fully saturated rings. The predicted molar refractivity (Wildman–Crippen MR) is 79.9 cm³/mol. The summed E-state index contributed by atoms with van der Waals surface area (Å²) >= 11 is 0. The van der Waals surface area contributed by atoms with Gasteiger partial charge in [-0.15, -0.1) is 0 Å². The molecule has 0 aliphatic heterocycles. The SMILES string of the molecule is C[Si](C)(C)[CH-]c1cccc([CH-][Si](C)(C)C)c1.[Li+].[Li+]. The van der Waals surface area contributed by atoms with Gasteiger partial charge in [0.1, 0.15) is 0 Å². The predicted octanol–water partition coefficient (Wildman–Crippen LogP) is -1.45. The van der Waals surface area contributed by atoms with E-state index in [1.165, 1.54) is 11.1 Å². The van der Waals surface area contributed by atoms with Crippen molar-refractivity contribution in [1.29, 1.82) is 0 Å². The van der Waals surface area contributed by atoms with Crippen LogP contribution >= 0.6 is 0 Å². The molecular formula is C14H24Li2Si2. The summed E-state index contributed by atoms with van der Waals surface area (Å²) in [4.78, 5) is 0. The Hall–Kier alpha value is 0.589. The molecule has 0 aromatic heterocycles. The molecule has 18 heavy (non-hydrogen) atoms. The second kappa shape index (κ2) is 8.01. The van der Waals surface area contributed by atoms with E-state index in [1.54, 1.807) is 0 Å². The van der Waals surface area contributed by atoms with Gasteiger partial charge in [-0.3, -0.25) is 0 Å². The van der Waals surface area contributed by atoms with E-state index in [0.717, 1.165) is 0 Å². The Kier molecular flexibility index (Phi) is 9.29. The van der Waals surface area contributed by atoms with Gasteiger partial charge in [-0.05, 0) is 0 Å². The molecule has 0 amide bonds. The van der Waals surface area contributed by atoms with E-state index in [9.17, 15) is 0 Å². The topological polar surface area (TPSA) is 0 Å². The van der Waals surface area contributed by atoms with E-state index in [0.29, 0.717) is 0 Å². The minimum atomic E-state index is -1.11. The van der Waals surface area contributed by atoms with Crippen molar-refractivity contribution in [2.75, 3.05) is 0 Å². The molecule has 0 radical (unpaired) electrons. The van der Waals surface area contributed by atoms with Gasteiger partial charge in [0.15, 0.2) is 0 Å². The molecule has 4 heteroatoms. The zero-order valence-electron chi connectivity index (χ0n) is 13.5. The van der Waals surface area contributed by atoms with Crippen LogP contribution in [-0.2, 0) is 0 Å². The van der Waals surface area contributed by atoms with Crippen LogP contribution in [0.25, 0.3) is 0 Å². The molecule has 0 bridgehead atoms. The molecule has 0 spiro atoms. The van der Waals surface area contributed by atoms with E-state index in [1.807, 2.05) is 0 Å². The number of hydrogen-bond donors (Lipinski definition) is 0. The van der Waals surface area contributed by atoms with E-state index in [2.05, 4.69) is 75.6 Å². The largest absolute Gasteiger partial charge is 1.00 e. The molecular weight excluding hydrogens is 238 g/mol. The van der Waals surface area contributed by atoms with Crippen LogP contribution in [0.5, 0.6) is 0 Å². The van der Waals surface area contributed by atoms with Gasteiger partial charge in [0, 0.05) is 16.1 Å². The Bertz CT molecular complexity index is 320. The molecule has 0 nitrogen and oxygen atoms in total. The van der Waals surface area contributed by atoms with Gasteiger partial charge in [0.25, 0.3) is 0 Å². The second-order valence-corrected chi connectivity index (χ2v) is 16.7. The summed E-state index contributed by atoms with van der Waals surface area (Å²) in [5.41, 5.74) is 2.79. The molecule has 0 saturated heterocycles. The number of benzene rings is 1. The van der Waals surface area contributed by atoms with Gasteiger partial charge in [0.2, 0.25) is 0 Å². The van der Waals surface area contributed by atoms with Gasteiger partial charge in [-0.2, -0.15) is 47.5 Å². The van der Waals surface area contributed by atoms with Crippen molar-refractivity contribution in [2.45, 2.75) is 39.3 Å². The first-order chi connectivity index (χ1) is 7.16. The van der Waals surface area contributed by atoms with Gasteiger partial charge in [-0.25, -0.2) is 0 Å². The van der Waals surface area contributed by atoms with E-state index >= 15 is 0 Å². The van der Waals surface area contributed by atoms with Crippen molar-refractivity contribution < 1.29 is 37.7 Å². The molecule has 1 rings (SSSR count). The minimum Gasteiger partial charge on any atom is -0.196 e. The molecule has 0 N–H and O–H groups in total. The van der Waals surface area contributed by atoms with E-state index < -0.39 is 16.1 Å². The van der Waals surface area contributed by atoms with Crippen molar-refractivity contribution in [2.24, 2.45) is 0 Å². The normalized spacial score (nSPS) is 11.0. The van der Waals surface area contributed by atoms with Crippen LogP contribution in [0.15, 0.2) is 24.3 Å². The van der Waals surface area contributed by atoms with Gasteiger partial charge in [0.05, 0.1) is 0 Å². The Balaban J connectivity index is 0.